The van der Waals surface area contributed by atoms with Gasteiger partial charge in [0.05, 0.1) is 0 Å². The fourth-order valence-electron chi connectivity index (χ4n) is 1.55. The van der Waals surface area contributed by atoms with E-state index in [2.05, 4.69) is 10.1 Å². The van der Waals surface area contributed by atoms with E-state index in [0.29, 0.717) is 4.88 Å². The molecule has 0 radical (unpaired) electrons. The zero-order valence-corrected chi connectivity index (χ0v) is 12.2. The van der Waals surface area contributed by atoms with Crippen LogP contribution in [0.15, 0.2) is 6.07 Å². The smallest absolute Gasteiger partial charge is 0.387 e. The highest BCUT2D eigenvalue weighted by molar-refractivity contribution is 7.14. The van der Waals surface area contributed by atoms with Crippen molar-refractivity contribution >= 4 is 23.2 Å². The Balaban J connectivity index is 2.84. The number of aryl methyl sites for hydroxylation is 1. The Morgan fingerprint density at radius 1 is 1.48 bits per heavy atom. The maximum Gasteiger partial charge on any atom is 0.387 e. The van der Waals surface area contributed by atoms with E-state index in [0.717, 1.165) is 11.3 Å². The van der Waals surface area contributed by atoms with Gasteiger partial charge in [-0.1, -0.05) is 0 Å². The molecule has 1 amide bonds. The summed E-state index contributed by atoms with van der Waals surface area (Å²) < 4.78 is 33.6. The summed E-state index contributed by atoms with van der Waals surface area (Å²) in [5.41, 5.74) is 0. The summed E-state index contributed by atoms with van der Waals surface area (Å²) >= 11 is 0.947. The zero-order chi connectivity index (χ0) is 16.0. The first-order valence-electron chi connectivity index (χ1n) is 5.93. The van der Waals surface area contributed by atoms with E-state index < -0.39 is 24.5 Å². The number of carboxylic acids is 1. The van der Waals surface area contributed by atoms with Crippen LogP contribution in [-0.2, 0) is 9.53 Å². The van der Waals surface area contributed by atoms with Crippen molar-refractivity contribution in [2.75, 3.05) is 13.7 Å². The average molecular weight is 323 g/mol. The number of alkyl halides is 2. The number of methoxy groups -OCH3 is 1. The molecule has 0 aliphatic heterocycles. The number of halogens is 2. The van der Waals surface area contributed by atoms with Gasteiger partial charge in [-0.05, 0) is 13.0 Å². The number of rotatable bonds is 8. The third kappa shape index (κ3) is 5.27. The Kier molecular flexibility index (Phi) is 6.50. The Morgan fingerprint density at radius 2 is 2.14 bits per heavy atom. The second-order valence-electron chi connectivity index (χ2n) is 4.07. The molecule has 9 heteroatoms. The molecule has 1 aromatic rings. The van der Waals surface area contributed by atoms with Crippen LogP contribution in [0.1, 0.15) is 21.0 Å². The van der Waals surface area contributed by atoms with Gasteiger partial charge in [0.1, 0.15) is 16.7 Å². The number of hydrogen-bond donors (Lipinski definition) is 2. The number of aliphatic carboxylic acids is 1. The lowest BCUT2D eigenvalue weighted by molar-refractivity contribution is -0.139. The van der Waals surface area contributed by atoms with Crippen molar-refractivity contribution in [2.24, 2.45) is 0 Å². The van der Waals surface area contributed by atoms with Crippen molar-refractivity contribution in [3.8, 4) is 5.75 Å². The molecule has 118 valence electrons. The number of nitrogens with one attached hydrogen (secondary N) is 1. The molecule has 0 saturated carbocycles. The van der Waals surface area contributed by atoms with E-state index >= 15 is 0 Å². The third-order valence-electron chi connectivity index (χ3n) is 2.46. The molecule has 1 unspecified atom stereocenters. The molecule has 1 rings (SSSR count). The van der Waals surface area contributed by atoms with Crippen LogP contribution >= 0.6 is 11.3 Å². The highest BCUT2D eigenvalue weighted by Gasteiger charge is 2.24. The molecular weight excluding hydrogens is 308 g/mol. The van der Waals surface area contributed by atoms with Crippen molar-refractivity contribution in [3.05, 3.63) is 15.8 Å². The highest BCUT2D eigenvalue weighted by Crippen LogP contribution is 2.30. The van der Waals surface area contributed by atoms with E-state index in [1.807, 2.05) is 0 Å². The Bertz CT molecular complexity index is 506. The summed E-state index contributed by atoms with van der Waals surface area (Å²) in [4.78, 5) is 23.5. The molecule has 21 heavy (non-hydrogen) atoms. The van der Waals surface area contributed by atoms with Gasteiger partial charge in [-0.15, -0.1) is 11.3 Å². The molecule has 0 bridgehead atoms. The number of amides is 1. The standard InChI is InChI=1S/C12H15F2NO5S/c1-6-5-8(20-12(13)14)9(21-6)10(16)15-7(11(17)18)3-4-19-2/h5,7,12H,3-4H2,1-2H3,(H,15,16)(H,17,18). The Morgan fingerprint density at radius 3 is 2.67 bits per heavy atom. The van der Waals surface area contributed by atoms with Gasteiger partial charge in [0, 0.05) is 25.0 Å². The molecule has 0 spiro atoms. The lowest BCUT2D eigenvalue weighted by Crippen LogP contribution is -2.41. The monoisotopic (exact) mass is 323 g/mol. The minimum Gasteiger partial charge on any atom is -0.480 e. The molecular formula is C12H15F2NO5S. The topological polar surface area (TPSA) is 84.9 Å². The van der Waals surface area contributed by atoms with Gasteiger partial charge in [0.2, 0.25) is 0 Å². The average Bonchev–Trinajstić information content (AvgIpc) is 2.73. The van der Waals surface area contributed by atoms with Gasteiger partial charge in [-0.3, -0.25) is 4.79 Å². The fourth-order valence-corrected chi connectivity index (χ4v) is 2.40. The summed E-state index contributed by atoms with van der Waals surface area (Å²) in [6.07, 6.45) is 0.0625. The second-order valence-corrected chi connectivity index (χ2v) is 5.33. The van der Waals surface area contributed by atoms with Crippen LogP contribution in [0.25, 0.3) is 0 Å². The van der Waals surface area contributed by atoms with E-state index in [1.165, 1.54) is 13.2 Å². The number of thiophene rings is 1. The lowest BCUT2D eigenvalue weighted by Gasteiger charge is -2.14. The number of carbonyl (C=O) groups excluding carboxylic acids is 1. The van der Waals surface area contributed by atoms with Crippen molar-refractivity contribution < 1.29 is 33.0 Å². The molecule has 0 aliphatic carbocycles. The third-order valence-corrected chi connectivity index (χ3v) is 3.49. The maximum atomic E-state index is 12.3. The summed E-state index contributed by atoms with van der Waals surface area (Å²) in [7, 11) is 1.40. The van der Waals surface area contributed by atoms with Crippen molar-refractivity contribution in [1.82, 2.24) is 5.32 Å². The molecule has 1 aromatic heterocycles. The Hall–Kier alpha value is -1.74. The van der Waals surface area contributed by atoms with Crippen LogP contribution < -0.4 is 10.1 Å². The molecule has 0 aromatic carbocycles. The van der Waals surface area contributed by atoms with E-state index in [-0.39, 0.29) is 23.7 Å². The van der Waals surface area contributed by atoms with Gasteiger partial charge in [0.15, 0.2) is 0 Å². The van der Waals surface area contributed by atoms with Crippen LogP contribution in [0.5, 0.6) is 5.75 Å². The van der Waals surface area contributed by atoms with Crippen LogP contribution in [0.2, 0.25) is 0 Å². The Labute approximate surface area is 123 Å². The van der Waals surface area contributed by atoms with Crippen molar-refractivity contribution in [2.45, 2.75) is 26.0 Å². The number of hydrogen-bond acceptors (Lipinski definition) is 5. The predicted octanol–water partition coefficient (Wildman–Crippen LogP) is 1.88. The van der Waals surface area contributed by atoms with Crippen LogP contribution in [0, 0.1) is 6.92 Å². The molecule has 0 saturated heterocycles. The van der Waals surface area contributed by atoms with Crippen LogP contribution in [-0.4, -0.2) is 43.4 Å². The first-order chi connectivity index (χ1) is 9.85. The van der Waals surface area contributed by atoms with E-state index in [4.69, 9.17) is 9.84 Å². The SMILES string of the molecule is COCCC(NC(=O)c1sc(C)cc1OC(F)F)C(=O)O. The molecule has 0 aliphatic rings. The van der Waals surface area contributed by atoms with Crippen molar-refractivity contribution in [3.63, 3.8) is 0 Å². The normalized spacial score (nSPS) is 12.2. The summed E-state index contributed by atoms with van der Waals surface area (Å²) in [5, 5.41) is 11.3. The molecule has 2 N–H and O–H groups in total. The molecule has 1 heterocycles. The second kappa shape index (κ2) is 7.89. The number of carboxylic acid groups (broad SMARTS) is 1. The predicted molar refractivity (Wildman–Crippen MR) is 71.1 cm³/mol. The first kappa shape index (κ1) is 17.3. The fraction of sp³-hybridized carbons (Fsp3) is 0.500. The molecule has 1 atom stereocenters. The minimum atomic E-state index is -3.06. The molecule has 0 fully saturated rings. The van der Waals surface area contributed by atoms with Gasteiger partial charge >= 0.3 is 12.6 Å². The highest BCUT2D eigenvalue weighted by atomic mass is 32.1. The lowest BCUT2D eigenvalue weighted by atomic mass is 10.2. The van der Waals surface area contributed by atoms with Gasteiger partial charge in [-0.25, -0.2) is 4.79 Å². The van der Waals surface area contributed by atoms with E-state index in [1.54, 1.807) is 6.92 Å². The summed E-state index contributed by atoms with van der Waals surface area (Å²) in [6.45, 7) is -1.30. The van der Waals surface area contributed by atoms with Crippen LogP contribution in [0.4, 0.5) is 8.78 Å². The maximum absolute atomic E-state index is 12.3. The summed E-state index contributed by atoms with van der Waals surface area (Å²) in [5.74, 6) is -2.27. The largest absolute Gasteiger partial charge is 0.480 e. The van der Waals surface area contributed by atoms with E-state index in [9.17, 15) is 18.4 Å². The zero-order valence-electron chi connectivity index (χ0n) is 11.4. The van der Waals surface area contributed by atoms with Crippen LogP contribution in [0.3, 0.4) is 0 Å². The minimum absolute atomic E-state index is 0.0625. The number of ether oxygens (including phenoxy) is 2. The number of carbonyl (C=O) groups is 2. The quantitative estimate of drug-likeness (QED) is 0.763. The van der Waals surface area contributed by atoms with Gasteiger partial charge < -0.3 is 19.9 Å². The molecule has 6 nitrogen and oxygen atoms in total. The first-order valence-corrected chi connectivity index (χ1v) is 6.74. The summed E-state index contributed by atoms with van der Waals surface area (Å²) in [6, 6.07) is 0.135. The van der Waals surface area contributed by atoms with Gasteiger partial charge in [-0.2, -0.15) is 8.78 Å². The van der Waals surface area contributed by atoms with Crippen molar-refractivity contribution in [1.29, 1.82) is 0 Å². The van der Waals surface area contributed by atoms with Gasteiger partial charge in [0.25, 0.3) is 5.91 Å².